The number of likely N-dealkylation sites (N-methyl/N-ethyl adjacent to an activating group) is 1. The van der Waals surface area contributed by atoms with Gasteiger partial charge in [-0.1, -0.05) is 12.1 Å². The van der Waals surface area contributed by atoms with Crippen molar-refractivity contribution in [3.05, 3.63) is 35.5 Å². The molecule has 1 aliphatic heterocycles. The third-order valence-electron chi connectivity index (χ3n) is 6.75. The molecule has 5 atom stereocenters. The normalized spacial score (nSPS) is 26.9. The maximum absolute atomic E-state index is 12.8. The molecule has 1 saturated heterocycles. The van der Waals surface area contributed by atoms with Gasteiger partial charge in [0, 0.05) is 41.6 Å². The average Bonchev–Trinajstić information content (AvgIpc) is 3.02. The van der Waals surface area contributed by atoms with Crippen molar-refractivity contribution in [2.45, 2.75) is 70.7 Å². The number of benzene rings is 1. The van der Waals surface area contributed by atoms with Gasteiger partial charge in [0.2, 0.25) is 0 Å². The van der Waals surface area contributed by atoms with Crippen molar-refractivity contribution >= 4 is 16.9 Å². The van der Waals surface area contributed by atoms with E-state index in [2.05, 4.69) is 54.8 Å². The number of carbonyl (C=O) groups is 1. The molecule has 1 aliphatic carbocycles. The Morgan fingerprint density at radius 1 is 1.25 bits per heavy atom. The molecule has 2 aromatic rings. The van der Waals surface area contributed by atoms with E-state index >= 15 is 0 Å². The Balaban J connectivity index is 1.67. The van der Waals surface area contributed by atoms with Gasteiger partial charge < -0.3 is 19.3 Å². The molecule has 1 fully saturated rings. The molecule has 28 heavy (non-hydrogen) atoms. The predicted octanol–water partition coefficient (Wildman–Crippen LogP) is 3.49. The van der Waals surface area contributed by atoms with Crippen LogP contribution in [0.1, 0.15) is 57.2 Å². The lowest BCUT2D eigenvalue weighted by atomic mass is 9.72. The van der Waals surface area contributed by atoms with Crippen LogP contribution in [0, 0.1) is 5.92 Å². The number of ether oxygens (including phenoxy) is 1. The Hall–Kier alpha value is -1.85. The number of nitrogens with zero attached hydrogens (tertiary/aromatic N) is 2. The minimum atomic E-state index is -0.653. The maximum atomic E-state index is 12.8. The van der Waals surface area contributed by atoms with Crippen molar-refractivity contribution in [2.24, 2.45) is 5.92 Å². The number of hydrogen-bond acceptors (Lipinski definition) is 4. The molecule has 0 radical (unpaired) electrons. The smallest absolute Gasteiger partial charge is 0.310 e. The van der Waals surface area contributed by atoms with E-state index in [1.54, 1.807) is 13.8 Å². The number of aromatic nitrogens is 1. The number of piperidine rings is 1. The third kappa shape index (κ3) is 3.15. The first-order valence-corrected chi connectivity index (χ1v) is 10.5. The molecule has 0 bridgehead atoms. The molecule has 5 nitrogen and oxygen atoms in total. The molecule has 5 heteroatoms. The summed E-state index contributed by atoms with van der Waals surface area (Å²) in [6.07, 6.45) is 3.04. The molecule has 4 rings (SSSR count). The molecule has 152 valence electrons. The zero-order valence-electron chi connectivity index (χ0n) is 17.6. The van der Waals surface area contributed by atoms with Gasteiger partial charge in [0.25, 0.3) is 0 Å². The van der Waals surface area contributed by atoms with E-state index in [1.807, 2.05) is 0 Å². The second-order valence-corrected chi connectivity index (χ2v) is 9.03. The summed E-state index contributed by atoms with van der Waals surface area (Å²) in [5.74, 6) is -0.00904. The van der Waals surface area contributed by atoms with Crippen molar-refractivity contribution < 1.29 is 14.6 Å². The van der Waals surface area contributed by atoms with E-state index in [4.69, 9.17) is 4.74 Å². The van der Waals surface area contributed by atoms with Crippen molar-refractivity contribution in [1.82, 2.24) is 9.47 Å². The molecule has 1 aromatic heterocycles. The fourth-order valence-corrected chi connectivity index (χ4v) is 5.05. The molecule has 0 amide bonds. The standard InChI is InChI=1S/C23H32N2O3/c1-13(2)25-12-16-10-21-19(18-7-6-8-20(25)22(16)18)9-17(11-24(21)5)23(27)28-15(4)14(3)26/h6-8,12-15,17,19,21,26H,9-11H2,1-5H3/t14?,15?,17-,19?,21+/m0/s1. The Kier molecular flexibility index (Phi) is 5.00. The Labute approximate surface area is 167 Å². The Morgan fingerprint density at radius 2 is 2.00 bits per heavy atom. The zero-order chi connectivity index (χ0) is 20.2. The van der Waals surface area contributed by atoms with Crippen LogP contribution in [0.2, 0.25) is 0 Å². The maximum Gasteiger partial charge on any atom is 0.310 e. The number of esters is 1. The monoisotopic (exact) mass is 384 g/mol. The average molecular weight is 385 g/mol. The lowest BCUT2D eigenvalue weighted by Gasteiger charge is -2.45. The van der Waals surface area contributed by atoms with E-state index in [0.717, 1.165) is 12.8 Å². The molecular weight excluding hydrogens is 352 g/mol. The highest BCUT2D eigenvalue weighted by molar-refractivity contribution is 5.89. The molecule has 1 N–H and O–H groups in total. The number of rotatable bonds is 4. The van der Waals surface area contributed by atoms with Crippen LogP contribution in [0.25, 0.3) is 10.9 Å². The van der Waals surface area contributed by atoms with Gasteiger partial charge in [-0.05, 0) is 64.8 Å². The molecule has 3 unspecified atom stereocenters. The van der Waals surface area contributed by atoms with Crippen LogP contribution < -0.4 is 0 Å². The van der Waals surface area contributed by atoms with Crippen molar-refractivity contribution in [3.63, 3.8) is 0 Å². The van der Waals surface area contributed by atoms with E-state index in [1.165, 1.54) is 22.0 Å². The van der Waals surface area contributed by atoms with Gasteiger partial charge in [-0.25, -0.2) is 0 Å². The zero-order valence-corrected chi connectivity index (χ0v) is 17.6. The third-order valence-corrected chi connectivity index (χ3v) is 6.75. The highest BCUT2D eigenvalue weighted by atomic mass is 16.6. The molecular formula is C23H32N2O3. The fraction of sp³-hybridized carbons (Fsp3) is 0.609. The number of aliphatic hydroxyl groups is 1. The molecule has 0 saturated carbocycles. The topological polar surface area (TPSA) is 54.7 Å². The van der Waals surface area contributed by atoms with E-state index in [-0.39, 0.29) is 11.9 Å². The molecule has 1 aromatic carbocycles. The number of likely N-dealkylation sites (tertiary alicyclic amines) is 1. The SMILES string of the molecule is CC(O)C(C)OC(=O)[C@H]1CC2c3cccc4c3c(cn4C(C)C)C[C@H]2N(C)C1. The second kappa shape index (κ2) is 7.20. The predicted molar refractivity (Wildman–Crippen MR) is 111 cm³/mol. The Morgan fingerprint density at radius 3 is 2.68 bits per heavy atom. The summed E-state index contributed by atoms with van der Waals surface area (Å²) < 4.78 is 7.91. The summed E-state index contributed by atoms with van der Waals surface area (Å²) in [6, 6.07) is 7.45. The number of hydrogen-bond donors (Lipinski definition) is 1. The van der Waals surface area contributed by atoms with Gasteiger partial charge >= 0.3 is 5.97 Å². The van der Waals surface area contributed by atoms with Gasteiger partial charge in [0.05, 0.1) is 12.0 Å². The van der Waals surface area contributed by atoms with Crippen LogP contribution in [-0.2, 0) is 16.0 Å². The van der Waals surface area contributed by atoms with Crippen LogP contribution in [-0.4, -0.2) is 52.4 Å². The summed E-state index contributed by atoms with van der Waals surface area (Å²) in [5, 5.41) is 11.1. The van der Waals surface area contributed by atoms with Crippen LogP contribution in [0.4, 0.5) is 0 Å². The first kappa shape index (κ1) is 19.5. The van der Waals surface area contributed by atoms with Gasteiger partial charge in [0.1, 0.15) is 6.10 Å². The minimum absolute atomic E-state index is 0.156. The quantitative estimate of drug-likeness (QED) is 0.820. The summed E-state index contributed by atoms with van der Waals surface area (Å²) in [5.41, 5.74) is 4.10. The van der Waals surface area contributed by atoms with Gasteiger partial charge in [0.15, 0.2) is 0 Å². The minimum Gasteiger partial charge on any atom is -0.460 e. The van der Waals surface area contributed by atoms with E-state index < -0.39 is 12.2 Å². The van der Waals surface area contributed by atoms with Gasteiger partial charge in [-0.2, -0.15) is 0 Å². The summed E-state index contributed by atoms with van der Waals surface area (Å²) in [4.78, 5) is 15.1. The number of fused-ring (bicyclic) bond motifs is 2. The highest BCUT2D eigenvalue weighted by Crippen LogP contribution is 2.45. The van der Waals surface area contributed by atoms with E-state index in [0.29, 0.717) is 24.5 Å². The number of aliphatic hydroxyl groups excluding tert-OH is 1. The first-order chi connectivity index (χ1) is 13.3. The van der Waals surface area contributed by atoms with E-state index in [9.17, 15) is 9.90 Å². The van der Waals surface area contributed by atoms with Crippen LogP contribution in [0.15, 0.2) is 24.4 Å². The summed E-state index contributed by atoms with van der Waals surface area (Å²) in [6.45, 7) is 8.57. The summed E-state index contributed by atoms with van der Waals surface area (Å²) >= 11 is 0. The lowest BCUT2D eigenvalue weighted by molar-refractivity contribution is -0.160. The van der Waals surface area contributed by atoms with Crippen molar-refractivity contribution in [1.29, 1.82) is 0 Å². The second-order valence-electron chi connectivity index (χ2n) is 9.03. The van der Waals surface area contributed by atoms with Crippen molar-refractivity contribution in [2.75, 3.05) is 13.6 Å². The summed E-state index contributed by atoms with van der Waals surface area (Å²) in [7, 11) is 2.12. The first-order valence-electron chi connectivity index (χ1n) is 10.5. The molecule has 0 spiro atoms. The van der Waals surface area contributed by atoms with Crippen LogP contribution >= 0.6 is 0 Å². The van der Waals surface area contributed by atoms with Crippen molar-refractivity contribution in [3.8, 4) is 0 Å². The van der Waals surface area contributed by atoms with Crippen LogP contribution in [0.3, 0.4) is 0 Å². The van der Waals surface area contributed by atoms with Gasteiger partial charge in [-0.3, -0.25) is 4.79 Å². The molecule has 2 aliphatic rings. The highest BCUT2D eigenvalue weighted by Gasteiger charge is 2.42. The van der Waals surface area contributed by atoms with Gasteiger partial charge in [-0.15, -0.1) is 0 Å². The number of carbonyl (C=O) groups excluding carboxylic acids is 1. The Bertz CT molecular complexity index is 885. The lowest BCUT2D eigenvalue weighted by Crippen LogP contribution is -2.50. The largest absolute Gasteiger partial charge is 0.460 e. The van der Waals surface area contributed by atoms with Crippen LogP contribution in [0.5, 0.6) is 0 Å². The fourth-order valence-electron chi connectivity index (χ4n) is 5.05. The molecule has 2 heterocycles.